The minimum Gasteiger partial charge on any atom is -0.429 e. The second kappa shape index (κ2) is 7.48. The first-order chi connectivity index (χ1) is 10.8. The smallest absolute Gasteiger partial charge is 0.333 e. The molecule has 0 radical (unpaired) electrons. The van der Waals surface area contributed by atoms with Crippen LogP contribution in [0.15, 0.2) is 34.9 Å². The average molecular weight is 318 g/mol. The monoisotopic (exact) mass is 318 g/mol. The van der Waals surface area contributed by atoms with E-state index in [1.165, 1.54) is 30.9 Å². The van der Waals surface area contributed by atoms with Gasteiger partial charge in [-0.3, -0.25) is 0 Å². The molecule has 128 valence electrons. The molecule has 0 aromatic rings. The van der Waals surface area contributed by atoms with E-state index in [2.05, 4.69) is 39.8 Å². The fraction of sp³-hybridized carbons (Fsp3) is 0.650. The van der Waals surface area contributed by atoms with Crippen LogP contribution in [-0.2, 0) is 9.53 Å². The molecule has 0 aromatic carbocycles. The topological polar surface area (TPSA) is 46.5 Å². The van der Waals surface area contributed by atoms with E-state index in [4.69, 9.17) is 4.74 Å². The third-order valence-electron chi connectivity index (χ3n) is 5.85. The number of aliphatic hydroxyl groups is 1. The molecule has 1 N–H and O–H groups in total. The quantitative estimate of drug-likeness (QED) is 0.571. The molecule has 2 rings (SSSR count). The highest BCUT2D eigenvalue weighted by Gasteiger charge is 2.34. The van der Waals surface area contributed by atoms with Gasteiger partial charge in [-0.2, -0.15) is 0 Å². The Balaban J connectivity index is 1.83. The maximum absolute atomic E-state index is 11.1. The van der Waals surface area contributed by atoms with Crippen LogP contribution in [0, 0.1) is 11.3 Å². The Kier molecular flexibility index (Phi) is 5.85. The number of allylic oxidation sites excluding steroid dienone is 4. The highest BCUT2D eigenvalue weighted by molar-refractivity contribution is 5.85. The second-order valence-electron chi connectivity index (χ2n) is 7.38. The van der Waals surface area contributed by atoms with Gasteiger partial charge in [0.15, 0.2) is 0 Å². The number of aliphatic hydroxyl groups excluding tert-OH is 1. The molecule has 1 aliphatic carbocycles. The van der Waals surface area contributed by atoms with E-state index in [1.54, 1.807) is 5.57 Å². The predicted octanol–water partition coefficient (Wildman–Crippen LogP) is 4.68. The zero-order valence-electron chi connectivity index (χ0n) is 14.9. The number of cyclic esters (lactones) is 1. The highest BCUT2D eigenvalue weighted by atomic mass is 16.6. The first-order valence-electron chi connectivity index (χ1n) is 8.75. The summed E-state index contributed by atoms with van der Waals surface area (Å²) >= 11 is 0. The molecule has 0 aromatic heterocycles. The van der Waals surface area contributed by atoms with Gasteiger partial charge in [0.25, 0.3) is 0 Å². The molecule has 1 aliphatic heterocycles. The van der Waals surface area contributed by atoms with E-state index in [0.717, 1.165) is 18.8 Å². The van der Waals surface area contributed by atoms with Crippen LogP contribution in [0.1, 0.15) is 66.2 Å². The predicted molar refractivity (Wildman–Crippen MR) is 92.7 cm³/mol. The summed E-state index contributed by atoms with van der Waals surface area (Å²) < 4.78 is 4.69. The Morgan fingerprint density at radius 3 is 2.87 bits per heavy atom. The van der Waals surface area contributed by atoms with Crippen molar-refractivity contribution in [3.05, 3.63) is 34.9 Å². The van der Waals surface area contributed by atoms with Gasteiger partial charge < -0.3 is 9.84 Å². The summed E-state index contributed by atoms with van der Waals surface area (Å²) in [5.74, 6) is 0.303. The van der Waals surface area contributed by atoms with Crippen molar-refractivity contribution in [1.29, 1.82) is 0 Å². The molecular weight excluding hydrogens is 288 g/mol. The summed E-state index contributed by atoms with van der Waals surface area (Å²) in [6, 6.07) is 0. The van der Waals surface area contributed by atoms with Crippen LogP contribution in [0.4, 0.5) is 0 Å². The molecule has 3 nitrogen and oxygen atoms in total. The molecule has 1 heterocycles. The third kappa shape index (κ3) is 4.35. The van der Waals surface area contributed by atoms with Gasteiger partial charge in [0.05, 0.1) is 0 Å². The van der Waals surface area contributed by atoms with Gasteiger partial charge in [0, 0.05) is 11.6 Å². The summed E-state index contributed by atoms with van der Waals surface area (Å²) in [5.41, 5.74) is 3.93. The first kappa shape index (κ1) is 18.0. The Bertz CT molecular complexity index is 541. The van der Waals surface area contributed by atoms with Crippen LogP contribution in [0.25, 0.3) is 0 Å². The SMILES string of the molecule is CC1=CCC[C@H](C)[C@]1(C)CC/C(C)=C/CCC1=CC(=O)O[C@@H]1O. The molecule has 3 heteroatoms. The van der Waals surface area contributed by atoms with E-state index in [-0.39, 0.29) is 0 Å². The van der Waals surface area contributed by atoms with E-state index in [1.807, 2.05) is 0 Å². The zero-order chi connectivity index (χ0) is 17.0. The standard InChI is InChI=1S/C20H30O3/c1-14(7-5-10-17-13-18(21)23-19(17)22)11-12-20(4)15(2)8-6-9-16(20)3/h7-8,13,16,19,22H,5-6,9-12H2,1-4H3/b14-7+/t16-,19-,20+/m0/s1. The molecule has 0 fully saturated rings. The van der Waals surface area contributed by atoms with Crippen molar-refractivity contribution in [2.24, 2.45) is 11.3 Å². The molecular formula is C20H30O3. The Hall–Kier alpha value is -1.35. The molecule has 2 aliphatic rings. The lowest BCUT2D eigenvalue weighted by Crippen LogP contribution is -2.29. The fourth-order valence-electron chi connectivity index (χ4n) is 3.62. The van der Waals surface area contributed by atoms with Crippen molar-refractivity contribution < 1.29 is 14.6 Å². The molecule has 0 saturated heterocycles. The number of rotatable bonds is 6. The van der Waals surface area contributed by atoms with E-state index < -0.39 is 12.3 Å². The maximum Gasteiger partial charge on any atom is 0.333 e. The second-order valence-corrected chi connectivity index (χ2v) is 7.38. The third-order valence-corrected chi connectivity index (χ3v) is 5.85. The number of hydrogen-bond acceptors (Lipinski definition) is 3. The average Bonchev–Trinajstić information content (AvgIpc) is 2.81. The van der Waals surface area contributed by atoms with Gasteiger partial charge in [-0.15, -0.1) is 0 Å². The lowest BCUT2D eigenvalue weighted by Gasteiger charge is -2.40. The Labute approximate surface area is 140 Å². The van der Waals surface area contributed by atoms with E-state index in [0.29, 0.717) is 17.4 Å². The Morgan fingerprint density at radius 1 is 1.52 bits per heavy atom. The molecule has 0 bridgehead atoms. The minimum absolute atomic E-state index is 0.317. The van der Waals surface area contributed by atoms with Crippen molar-refractivity contribution in [1.82, 2.24) is 0 Å². The van der Waals surface area contributed by atoms with Crippen LogP contribution < -0.4 is 0 Å². The van der Waals surface area contributed by atoms with E-state index >= 15 is 0 Å². The van der Waals surface area contributed by atoms with Gasteiger partial charge in [-0.25, -0.2) is 4.79 Å². The summed E-state index contributed by atoms with van der Waals surface area (Å²) in [5, 5.41) is 9.55. The summed E-state index contributed by atoms with van der Waals surface area (Å²) in [4.78, 5) is 11.1. The van der Waals surface area contributed by atoms with Crippen molar-refractivity contribution in [3.63, 3.8) is 0 Å². The highest BCUT2D eigenvalue weighted by Crippen LogP contribution is 2.45. The van der Waals surface area contributed by atoms with Gasteiger partial charge >= 0.3 is 5.97 Å². The van der Waals surface area contributed by atoms with Crippen LogP contribution in [0.3, 0.4) is 0 Å². The molecule has 3 atom stereocenters. The first-order valence-corrected chi connectivity index (χ1v) is 8.75. The zero-order valence-corrected chi connectivity index (χ0v) is 14.9. The normalized spacial score (nSPS) is 31.7. The van der Waals surface area contributed by atoms with Crippen molar-refractivity contribution in [2.45, 2.75) is 72.5 Å². The number of carbonyl (C=O) groups is 1. The maximum atomic E-state index is 11.1. The molecule has 0 amide bonds. The number of carbonyl (C=O) groups excluding carboxylic acids is 1. The van der Waals surface area contributed by atoms with Crippen LogP contribution in [0.2, 0.25) is 0 Å². The Morgan fingerprint density at radius 2 is 2.26 bits per heavy atom. The summed E-state index contributed by atoms with van der Waals surface area (Å²) in [6.45, 7) is 9.23. The van der Waals surface area contributed by atoms with E-state index in [9.17, 15) is 9.90 Å². The largest absolute Gasteiger partial charge is 0.429 e. The number of esters is 1. The van der Waals surface area contributed by atoms with Gasteiger partial charge in [0.2, 0.25) is 6.29 Å². The molecule has 23 heavy (non-hydrogen) atoms. The van der Waals surface area contributed by atoms with Crippen LogP contribution in [0.5, 0.6) is 0 Å². The van der Waals surface area contributed by atoms with Crippen LogP contribution in [-0.4, -0.2) is 17.4 Å². The van der Waals surface area contributed by atoms with Gasteiger partial charge in [-0.05, 0) is 63.7 Å². The fourth-order valence-corrected chi connectivity index (χ4v) is 3.62. The van der Waals surface area contributed by atoms with Crippen molar-refractivity contribution >= 4 is 5.97 Å². The van der Waals surface area contributed by atoms with Crippen molar-refractivity contribution in [3.8, 4) is 0 Å². The minimum atomic E-state index is -1.04. The molecule has 0 spiro atoms. The molecule has 0 saturated carbocycles. The van der Waals surface area contributed by atoms with Crippen LogP contribution >= 0.6 is 0 Å². The lowest BCUT2D eigenvalue weighted by molar-refractivity contribution is -0.151. The summed E-state index contributed by atoms with van der Waals surface area (Å²) in [7, 11) is 0. The number of hydrogen-bond donors (Lipinski definition) is 1. The van der Waals surface area contributed by atoms with Crippen molar-refractivity contribution in [2.75, 3.05) is 0 Å². The molecule has 0 unspecified atom stereocenters. The lowest BCUT2D eigenvalue weighted by atomic mass is 9.65. The summed E-state index contributed by atoms with van der Waals surface area (Å²) in [6.07, 6.45) is 11.3. The van der Waals surface area contributed by atoms with Gasteiger partial charge in [0.1, 0.15) is 0 Å². The number of ether oxygens (including phenoxy) is 1. The van der Waals surface area contributed by atoms with Gasteiger partial charge in [-0.1, -0.05) is 37.1 Å².